The van der Waals surface area contributed by atoms with Crippen LogP contribution < -0.4 is 15.5 Å². The van der Waals surface area contributed by atoms with Gasteiger partial charge in [-0.3, -0.25) is 14.6 Å². The first kappa shape index (κ1) is 24.5. The van der Waals surface area contributed by atoms with E-state index in [2.05, 4.69) is 15.8 Å². The Morgan fingerprint density at radius 2 is 1.97 bits per heavy atom. The monoisotopic (exact) mass is 513 g/mol. The zero-order chi connectivity index (χ0) is 24.8. The first-order valence-corrected chi connectivity index (χ1v) is 11.4. The molecule has 1 aliphatic heterocycles. The van der Waals surface area contributed by atoms with Gasteiger partial charge in [-0.05, 0) is 41.5 Å². The summed E-state index contributed by atoms with van der Waals surface area (Å²) in [4.78, 5) is 34.4. The zero-order valence-electron chi connectivity index (χ0n) is 18.3. The smallest absolute Gasteiger partial charge is 0.307 e. The van der Waals surface area contributed by atoms with E-state index in [1.807, 2.05) is 0 Å². The molecule has 3 aromatic rings. The molecule has 0 spiro atoms. The molecular weight excluding hydrogens is 493 g/mol. The number of aliphatic carboxylic acids is 1. The highest BCUT2D eigenvalue weighted by molar-refractivity contribution is 6.35. The van der Waals surface area contributed by atoms with Crippen LogP contribution >= 0.6 is 23.2 Å². The summed E-state index contributed by atoms with van der Waals surface area (Å²) in [5.74, 6) is -0.576. The fourth-order valence-electron chi connectivity index (χ4n) is 3.59. The molecule has 8 nitrogen and oxygen atoms in total. The maximum absolute atomic E-state index is 13.3. The van der Waals surface area contributed by atoms with Crippen molar-refractivity contribution in [2.45, 2.75) is 12.5 Å². The van der Waals surface area contributed by atoms with Crippen LogP contribution in [0.1, 0.15) is 22.9 Å². The number of carboxylic acids is 1. The number of carbonyl (C=O) groups is 2. The Bertz CT molecular complexity index is 1270. The largest absolute Gasteiger partial charge is 0.490 e. The molecule has 1 aliphatic rings. The molecule has 1 aromatic heterocycles. The van der Waals surface area contributed by atoms with Gasteiger partial charge in [-0.1, -0.05) is 53.5 Å². The molecule has 1 amide bonds. The van der Waals surface area contributed by atoms with Gasteiger partial charge in [0.1, 0.15) is 24.1 Å². The number of nitrogens with one attached hydrogen (secondary N) is 2. The molecule has 2 heterocycles. The van der Waals surface area contributed by atoms with Crippen molar-refractivity contribution < 1.29 is 24.3 Å². The second-order valence-corrected chi connectivity index (χ2v) is 8.45. The molecule has 0 saturated carbocycles. The first-order valence-electron chi connectivity index (χ1n) is 10.7. The van der Waals surface area contributed by atoms with Crippen LogP contribution in [-0.4, -0.2) is 35.1 Å². The predicted molar refractivity (Wildman–Crippen MR) is 131 cm³/mol. The standard InChI is InChI=1S/C25H21Cl2N3O5/c26-17-7-8-20(18(27)14-17)34-11-10-29-25(33)22-23(16-5-3-4-15(12-16)13-21(31)32)30-35-24(22)19-6-1-2-9-28-19/h1-9,12,14,23,30H,10-11,13H2,(H,29,33)(H,31,32). The molecule has 0 bridgehead atoms. The molecule has 0 radical (unpaired) electrons. The van der Waals surface area contributed by atoms with Crippen molar-refractivity contribution in [1.29, 1.82) is 0 Å². The van der Waals surface area contributed by atoms with E-state index in [0.717, 1.165) is 0 Å². The lowest BCUT2D eigenvalue weighted by atomic mass is 9.95. The van der Waals surface area contributed by atoms with E-state index in [-0.39, 0.29) is 25.5 Å². The summed E-state index contributed by atoms with van der Waals surface area (Å²) in [7, 11) is 0. The minimum Gasteiger partial charge on any atom is -0.490 e. The van der Waals surface area contributed by atoms with Crippen molar-refractivity contribution in [3.63, 3.8) is 0 Å². The summed E-state index contributed by atoms with van der Waals surface area (Å²) in [6, 6.07) is 16.5. The average molecular weight is 514 g/mol. The van der Waals surface area contributed by atoms with Crippen LogP contribution in [0.25, 0.3) is 5.76 Å². The Morgan fingerprint density at radius 1 is 1.11 bits per heavy atom. The summed E-state index contributed by atoms with van der Waals surface area (Å²) >= 11 is 12.0. The van der Waals surface area contributed by atoms with Crippen LogP contribution in [0.2, 0.25) is 10.0 Å². The van der Waals surface area contributed by atoms with Crippen molar-refractivity contribution >= 4 is 40.8 Å². The molecule has 3 N–H and O–H groups in total. The van der Waals surface area contributed by atoms with Crippen molar-refractivity contribution in [3.8, 4) is 5.75 Å². The molecule has 35 heavy (non-hydrogen) atoms. The van der Waals surface area contributed by atoms with E-state index in [1.165, 1.54) is 0 Å². The number of ether oxygens (including phenoxy) is 1. The Labute approximate surface area is 211 Å². The zero-order valence-corrected chi connectivity index (χ0v) is 19.8. The lowest BCUT2D eigenvalue weighted by Gasteiger charge is -2.15. The highest BCUT2D eigenvalue weighted by atomic mass is 35.5. The fraction of sp³-hybridized carbons (Fsp3) is 0.160. The topological polar surface area (TPSA) is 110 Å². The Kier molecular flexibility index (Phi) is 7.87. The maximum Gasteiger partial charge on any atom is 0.307 e. The van der Waals surface area contributed by atoms with Gasteiger partial charge in [0.25, 0.3) is 5.91 Å². The number of benzene rings is 2. The maximum atomic E-state index is 13.3. The van der Waals surface area contributed by atoms with Gasteiger partial charge in [-0.25, -0.2) is 0 Å². The molecule has 180 valence electrons. The lowest BCUT2D eigenvalue weighted by molar-refractivity contribution is -0.136. The number of rotatable bonds is 9. The van der Waals surface area contributed by atoms with E-state index in [1.54, 1.807) is 66.9 Å². The highest BCUT2D eigenvalue weighted by Crippen LogP contribution is 2.35. The third kappa shape index (κ3) is 6.10. The van der Waals surface area contributed by atoms with Crippen LogP contribution in [0.3, 0.4) is 0 Å². The molecule has 1 unspecified atom stereocenters. The normalized spacial score (nSPS) is 15.0. The number of hydrogen-bond donors (Lipinski definition) is 3. The number of halogens is 2. The van der Waals surface area contributed by atoms with Crippen LogP contribution in [0, 0.1) is 0 Å². The van der Waals surface area contributed by atoms with Gasteiger partial charge in [0.15, 0.2) is 5.76 Å². The van der Waals surface area contributed by atoms with E-state index >= 15 is 0 Å². The summed E-state index contributed by atoms with van der Waals surface area (Å²) in [6.45, 7) is 0.370. The lowest BCUT2D eigenvalue weighted by Crippen LogP contribution is -2.32. The van der Waals surface area contributed by atoms with Gasteiger partial charge in [-0.2, -0.15) is 0 Å². The Hall–Kier alpha value is -3.59. The van der Waals surface area contributed by atoms with Gasteiger partial charge >= 0.3 is 5.97 Å². The predicted octanol–water partition coefficient (Wildman–Crippen LogP) is 4.20. The highest BCUT2D eigenvalue weighted by Gasteiger charge is 2.35. The number of carbonyl (C=O) groups excluding carboxylic acids is 1. The molecule has 2 aromatic carbocycles. The molecule has 1 atom stereocenters. The Morgan fingerprint density at radius 3 is 2.71 bits per heavy atom. The summed E-state index contributed by atoms with van der Waals surface area (Å²) in [5, 5.41) is 12.8. The molecule has 0 saturated heterocycles. The van der Waals surface area contributed by atoms with E-state index in [9.17, 15) is 9.59 Å². The number of aromatic nitrogens is 1. The van der Waals surface area contributed by atoms with Crippen LogP contribution in [-0.2, 0) is 20.8 Å². The summed E-state index contributed by atoms with van der Waals surface area (Å²) in [6.07, 6.45) is 1.47. The third-order valence-electron chi connectivity index (χ3n) is 5.13. The SMILES string of the molecule is O=C(O)Cc1cccc(C2NOC(c3ccccn3)=C2C(=O)NCCOc2ccc(Cl)cc2Cl)c1. The second-order valence-electron chi connectivity index (χ2n) is 7.61. The molecule has 4 rings (SSSR count). The van der Waals surface area contributed by atoms with Gasteiger partial charge in [-0.15, -0.1) is 5.48 Å². The average Bonchev–Trinajstić information content (AvgIpc) is 3.28. The molecular formula is C25H21Cl2N3O5. The molecule has 0 aliphatic carbocycles. The minimum atomic E-state index is -0.943. The van der Waals surface area contributed by atoms with Crippen molar-refractivity contribution in [2.24, 2.45) is 0 Å². The number of nitrogens with zero attached hydrogens (tertiary/aromatic N) is 1. The number of hydroxylamine groups is 1. The van der Waals surface area contributed by atoms with Crippen molar-refractivity contribution in [3.05, 3.63) is 99.3 Å². The van der Waals surface area contributed by atoms with Crippen molar-refractivity contribution in [2.75, 3.05) is 13.2 Å². The quantitative estimate of drug-likeness (QED) is 0.367. The minimum absolute atomic E-state index is 0.135. The van der Waals surface area contributed by atoms with Crippen LogP contribution in [0.15, 0.2) is 72.4 Å². The van der Waals surface area contributed by atoms with E-state index < -0.39 is 12.0 Å². The Balaban J connectivity index is 1.53. The number of hydrogen-bond acceptors (Lipinski definition) is 6. The van der Waals surface area contributed by atoms with Gasteiger partial charge in [0.05, 0.1) is 23.6 Å². The number of pyridine rings is 1. The van der Waals surface area contributed by atoms with E-state index in [0.29, 0.717) is 43.9 Å². The van der Waals surface area contributed by atoms with Gasteiger partial charge < -0.3 is 20.0 Å². The van der Waals surface area contributed by atoms with Gasteiger partial charge in [0.2, 0.25) is 0 Å². The molecule has 10 heteroatoms. The number of carboxylic acid groups (broad SMARTS) is 1. The summed E-state index contributed by atoms with van der Waals surface area (Å²) < 4.78 is 5.64. The van der Waals surface area contributed by atoms with Gasteiger partial charge in [0, 0.05) is 11.2 Å². The second kappa shape index (κ2) is 11.2. The fourth-order valence-corrected chi connectivity index (χ4v) is 4.05. The summed E-state index contributed by atoms with van der Waals surface area (Å²) in [5.41, 5.74) is 4.98. The third-order valence-corrected chi connectivity index (χ3v) is 5.66. The van der Waals surface area contributed by atoms with Crippen molar-refractivity contribution in [1.82, 2.24) is 15.8 Å². The van der Waals surface area contributed by atoms with E-state index in [4.69, 9.17) is 37.9 Å². The van der Waals surface area contributed by atoms with Crippen LogP contribution in [0.5, 0.6) is 5.75 Å². The first-order chi connectivity index (χ1) is 16.9. The molecule has 0 fully saturated rings. The van der Waals surface area contributed by atoms with Crippen LogP contribution in [0.4, 0.5) is 0 Å². The number of amides is 1.